The Bertz CT molecular complexity index is 388. The van der Waals surface area contributed by atoms with E-state index in [9.17, 15) is 9.59 Å². The van der Waals surface area contributed by atoms with Crippen LogP contribution in [0.15, 0.2) is 0 Å². The van der Waals surface area contributed by atoms with Crippen molar-refractivity contribution >= 4 is 11.9 Å². The lowest BCUT2D eigenvalue weighted by Gasteiger charge is -2.35. The van der Waals surface area contributed by atoms with Crippen molar-refractivity contribution in [1.29, 1.82) is 0 Å². The molecule has 0 radical (unpaired) electrons. The van der Waals surface area contributed by atoms with E-state index in [0.717, 1.165) is 6.42 Å². The molecule has 0 aromatic carbocycles. The van der Waals surface area contributed by atoms with Crippen LogP contribution in [0.3, 0.4) is 0 Å². The second-order valence-corrected chi connectivity index (χ2v) is 6.30. The van der Waals surface area contributed by atoms with Gasteiger partial charge in [0.15, 0.2) is 5.60 Å². The van der Waals surface area contributed by atoms with Crippen LogP contribution < -0.4 is 5.32 Å². The zero-order valence-electron chi connectivity index (χ0n) is 11.2. The zero-order chi connectivity index (χ0) is 13.1. The maximum Gasteiger partial charge on any atom is 0.313 e. The van der Waals surface area contributed by atoms with Crippen LogP contribution in [0.1, 0.15) is 47.5 Å². The van der Waals surface area contributed by atoms with Crippen LogP contribution >= 0.6 is 0 Å². The minimum absolute atomic E-state index is 0.0545. The van der Waals surface area contributed by atoms with Gasteiger partial charge in [0.1, 0.15) is 0 Å². The molecule has 2 rings (SSSR count). The Morgan fingerprint density at radius 3 is 2.24 bits per heavy atom. The Kier molecular flexibility index (Phi) is 2.36. The van der Waals surface area contributed by atoms with E-state index >= 15 is 0 Å². The molecule has 4 heteroatoms. The topological polar surface area (TPSA) is 55.4 Å². The third-order valence-electron chi connectivity index (χ3n) is 4.87. The third kappa shape index (κ3) is 1.24. The summed E-state index contributed by atoms with van der Waals surface area (Å²) in [5, 5.41) is 2.88. The number of hydrogen-bond donors (Lipinski definition) is 1. The van der Waals surface area contributed by atoms with E-state index in [-0.39, 0.29) is 17.9 Å². The number of nitrogens with one attached hydrogen (secondary N) is 1. The molecule has 1 saturated heterocycles. The Labute approximate surface area is 102 Å². The first-order valence-corrected chi connectivity index (χ1v) is 6.22. The lowest BCUT2D eigenvalue weighted by Crippen LogP contribution is -2.54. The molecule has 2 aliphatic rings. The first kappa shape index (κ1) is 12.4. The molecule has 0 aromatic heterocycles. The Hall–Kier alpha value is -1.06. The summed E-state index contributed by atoms with van der Waals surface area (Å²) in [6.45, 7) is 9.65. The summed E-state index contributed by atoms with van der Waals surface area (Å²) in [5.41, 5.74) is -1.94. The Morgan fingerprint density at radius 2 is 1.88 bits per heavy atom. The summed E-state index contributed by atoms with van der Waals surface area (Å²) in [7, 11) is 0. The van der Waals surface area contributed by atoms with Crippen LogP contribution in [0.25, 0.3) is 0 Å². The third-order valence-corrected chi connectivity index (χ3v) is 4.87. The van der Waals surface area contributed by atoms with Crippen LogP contribution in [-0.4, -0.2) is 23.5 Å². The molecule has 0 spiro atoms. The van der Waals surface area contributed by atoms with E-state index in [1.165, 1.54) is 0 Å². The summed E-state index contributed by atoms with van der Waals surface area (Å²) in [4.78, 5) is 24.3. The van der Waals surface area contributed by atoms with Crippen molar-refractivity contribution in [1.82, 2.24) is 5.32 Å². The number of fused-ring (bicyclic) bond motifs is 2. The smallest absolute Gasteiger partial charge is 0.313 e. The minimum atomic E-state index is -0.969. The average Bonchev–Trinajstić information content (AvgIpc) is 2.47. The number of carbonyl (C=O) groups excluding carboxylic acids is 2. The predicted octanol–water partition coefficient (Wildman–Crippen LogP) is 1.63. The first-order valence-electron chi connectivity index (χ1n) is 6.22. The van der Waals surface area contributed by atoms with E-state index < -0.39 is 16.4 Å². The van der Waals surface area contributed by atoms with Gasteiger partial charge in [0, 0.05) is 11.5 Å². The summed E-state index contributed by atoms with van der Waals surface area (Å²) in [6, 6.07) is 0.0545. The van der Waals surface area contributed by atoms with Crippen LogP contribution in [0, 0.1) is 10.8 Å². The fourth-order valence-electron chi connectivity index (χ4n) is 3.13. The van der Waals surface area contributed by atoms with Crippen LogP contribution in [0.2, 0.25) is 0 Å². The van der Waals surface area contributed by atoms with Crippen molar-refractivity contribution in [3.8, 4) is 0 Å². The van der Waals surface area contributed by atoms with Crippen molar-refractivity contribution in [3.05, 3.63) is 0 Å². The molecule has 2 atom stereocenters. The van der Waals surface area contributed by atoms with Gasteiger partial charge in [-0.3, -0.25) is 9.59 Å². The van der Waals surface area contributed by atoms with Gasteiger partial charge in [0.25, 0.3) is 5.91 Å². The highest BCUT2D eigenvalue weighted by molar-refractivity contribution is 5.96. The molecule has 2 bridgehead atoms. The van der Waals surface area contributed by atoms with E-state index in [1.807, 2.05) is 34.6 Å². The normalized spacial score (nSPS) is 38.4. The lowest BCUT2D eigenvalue weighted by atomic mass is 9.66. The van der Waals surface area contributed by atoms with Crippen molar-refractivity contribution in [3.63, 3.8) is 0 Å². The van der Waals surface area contributed by atoms with Crippen molar-refractivity contribution in [2.45, 2.75) is 59.1 Å². The zero-order valence-corrected chi connectivity index (χ0v) is 11.2. The Balaban J connectivity index is 2.40. The molecule has 1 amide bonds. The molecule has 1 aliphatic heterocycles. The highest BCUT2D eigenvalue weighted by Crippen LogP contribution is 2.65. The van der Waals surface area contributed by atoms with Crippen LogP contribution in [0.5, 0.6) is 0 Å². The molecule has 96 valence electrons. The number of ether oxygens (including phenoxy) is 1. The Morgan fingerprint density at radius 1 is 1.29 bits per heavy atom. The molecule has 17 heavy (non-hydrogen) atoms. The van der Waals surface area contributed by atoms with Gasteiger partial charge < -0.3 is 10.1 Å². The molecule has 1 N–H and O–H groups in total. The van der Waals surface area contributed by atoms with Gasteiger partial charge in [-0.1, -0.05) is 13.8 Å². The van der Waals surface area contributed by atoms with Gasteiger partial charge >= 0.3 is 5.97 Å². The number of amides is 1. The largest absolute Gasteiger partial charge is 0.448 e. The molecule has 4 nitrogen and oxygen atoms in total. The number of esters is 1. The molecule has 2 fully saturated rings. The van der Waals surface area contributed by atoms with Crippen molar-refractivity contribution < 1.29 is 14.3 Å². The lowest BCUT2D eigenvalue weighted by molar-refractivity contribution is -0.168. The minimum Gasteiger partial charge on any atom is -0.448 e. The van der Waals surface area contributed by atoms with Crippen molar-refractivity contribution in [2.75, 3.05) is 0 Å². The summed E-state index contributed by atoms with van der Waals surface area (Å²) < 4.78 is 5.48. The molecule has 1 heterocycles. The van der Waals surface area contributed by atoms with E-state index in [2.05, 4.69) is 5.32 Å². The molecule has 1 saturated carbocycles. The highest BCUT2D eigenvalue weighted by Gasteiger charge is 2.75. The van der Waals surface area contributed by atoms with E-state index in [0.29, 0.717) is 6.42 Å². The van der Waals surface area contributed by atoms with E-state index in [4.69, 9.17) is 4.74 Å². The fraction of sp³-hybridized carbons (Fsp3) is 0.846. The van der Waals surface area contributed by atoms with Gasteiger partial charge in [-0.2, -0.15) is 0 Å². The summed E-state index contributed by atoms with van der Waals surface area (Å²) in [5.74, 6) is -0.375. The maximum absolute atomic E-state index is 12.4. The number of rotatable bonds is 2. The second kappa shape index (κ2) is 3.24. The average molecular weight is 239 g/mol. The van der Waals surface area contributed by atoms with E-state index in [1.54, 1.807) is 0 Å². The summed E-state index contributed by atoms with van der Waals surface area (Å²) in [6.07, 6.45) is 1.35. The molecule has 1 aliphatic carbocycles. The van der Waals surface area contributed by atoms with Crippen molar-refractivity contribution in [2.24, 2.45) is 10.8 Å². The monoisotopic (exact) mass is 239 g/mol. The van der Waals surface area contributed by atoms with Gasteiger partial charge in [-0.05, 0) is 33.6 Å². The number of carbonyl (C=O) groups is 2. The van der Waals surface area contributed by atoms with Gasteiger partial charge in [0.05, 0.1) is 5.41 Å². The quantitative estimate of drug-likeness (QED) is 0.745. The standard InChI is InChI=1S/C13H21NO3/c1-8(2)14-9(15)13-7-6-12(5,10(16)17-13)11(13,3)4/h8H,6-7H2,1-5H3,(H,14,15). The van der Waals surface area contributed by atoms with Crippen LogP contribution in [0.4, 0.5) is 0 Å². The van der Waals surface area contributed by atoms with Gasteiger partial charge in [-0.15, -0.1) is 0 Å². The van der Waals surface area contributed by atoms with Gasteiger partial charge in [0.2, 0.25) is 0 Å². The molecular weight excluding hydrogens is 218 g/mol. The fourth-order valence-corrected chi connectivity index (χ4v) is 3.13. The highest BCUT2D eigenvalue weighted by atomic mass is 16.6. The first-order chi connectivity index (χ1) is 7.67. The SMILES string of the molecule is CC(C)NC(=O)C12CCC(C)(C(=O)O1)C2(C)C. The molecule has 2 unspecified atom stereocenters. The van der Waals surface area contributed by atoms with Gasteiger partial charge in [-0.25, -0.2) is 0 Å². The molecular formula is C13H21NO3. The number of hydrogen-bond acceptors (Lipinski definition) is 3. The summed E-state index contributed by atoms with van der Waals surface area (Å²) >= 11 is 0. The maximum atomic E-state index is 12.4. The molecule has 0 aromatic rings. The predicted molar refractivity (Wildman–Crippen MR) is 63.2 cm³/mol. The second-order valence-electron chi connectivity index (χ2n) is 6.30. The van der Waals surface area contributed by atoms with Crippen LogP contribution in [-0.2, 0) is 14.3 Å².